The second-order valence-electron chi connectivity index (χ2n) is 5.00. The maximum atomic E-state index is 12.2. The van der Waals surface area contributed by atoms with Crippen molar-refractivity contribution >= 4 is 17.2 Å². The van der Waals surface area contributed by atoms with Crippen LogP contribution in [0.2, 0.25) is 0 Å². The number of nitrogens with one attached hydrogen (secondary N) is 2. The van der Waals surface area contributed by atoms with Crippen molar-refractivity contribution < 1.29 is 9.53 Å². The zero-order chi connectivity index (χ0) is 13.7. The topological polar surface area (TPSA) is 50.4 Å². The molecule has 19 heavy (non-hydrogen) atoms. The van der Waals surface area contributed by atoms with Crippen LogP contribution in [-0.2, 0) is 16.0 Å². The molecule has 0 saturated carbocycles. The number of hydrogen-bond acceptors (Lipinski definition) is 4. The molecule has 1 amide bonds. The standard InChI is InChI=1S/C14H22N2O2S/c1-3-15-13-9-18-8-12(13)14(17)16-10(2)7-11-5-4-6-19-11/h4-6,10,12-13,15H,3,7-9H2,1-2H3,(H,16,17). The number of carbonyl (C=O) groups is 1. The average molecular weight is 282 g/mol. The number of hydrogen-bond donors (Lipinski definition) is 2. The van der Waals surface area contributed by atoms with E-state index in [1.54, 1.807) is 11.3 Å². The summed E-state index contributed by atoms with van der Waals surface area (Å²) >= 11 is 1.73. The summed E-state index contributed by atoms with van der Waals surface area (Å²) in [6.45, 7) is 6.12. The molecule has 1 saturated heterocycles. The second kappa shape index (κ2) is 7.03. The van der Waals surface area contributed by atoms with E-state index < -0.39 is 0 Å². The van der Waals surface area contributed by atoms with Crippen molar-refractivity contribution in [1.29, 1.82) is 0 Å². The Morgan fingerprint density at radius 1 is 1.58 bits per heavy atom. The van der Waals surface area contributed by atoms with E-state index >= 15 is 0 Å². The first-order valence-electron chi connectivity index (χ1n) is 6.84. The molecule has 0 aromatic carbocycles. The summed E-state index contributed by atoms with van der Waals surface area (Å²) in [6, 6.07) is 4.46. The molecule has 1 aliphatic heterocycles. The Kier molecular flexibility index (Phi) is 5.36. The zero-order valence-electron chi connectivity index (χ0n) is 11.5. The quantitative estimate of drug-likeness (QED) is 0.829. The van der Waals surface area contributed by atoms with Crippen molar-refractivity contribution in [2.45, 2.75) is 32.4 Å². The molecule has 0 bridgehead atoms. The summed E-state index contributed by atoms with van der Waals surface area (Å²) in [5, 5.41) is 8.47. The van der Waals surface area contributed by atoms with Gasteiger partial charge in [0.1, 0.15) is 0 Å². The fourth-order valence-corrected chi connectivity index (χ4v) is 3.24. The smallest absolute Gasteiger partial charge is 0.227 e. The van der Waals surface area contributed by atoms with Gasteiger partial charge in [-0.2, -0.15) is 0 Å². The Bertz CT molecular complexity index is 394. The third kappa shape index (κ3) is 4.03. The second-order valence-corrected chi connectivity index (χ2v) is 6.03. The first-order chi connectivity index (χ1) is 9.20. The van der Waals surface area contributed by atoms with E-state index in [0.717, 1.165) is 13.0 Å². The van der Waals surface area contributed by atoms with E-state index in [2.05, 4.69) is 29.0 Å². The summed E-state index contributed by atoms with van der Waals surface area (Å²) in [7, 11) is 0. The van der Waals surface area contributed by atoms with Crippen molar-refractivity contribution in [3.63, 3.8) is 0 Å². The highest BCUT2D eigenvalue weighted by atomic mass is 32.1. The van der Waals surface area contributed by atoms with Gasteiger partial charge in [-0.15, -0.1) is 11.3 Å². The van der Waals surface area contributed by atoms with Crippen molar-refractivity contribution in [2.75, 3.05) is 19.8 Å². The van der Waals surface area contributed by atoms with Gasteiger partial charge in [0.25, 0.3) is 0 Å². The van der Waals surface area contributed by atoms with Crippen LogP contribution in [0, 0.1) is 5.92 Å². The van der Waals surface area contributed by atoms with Gasteiger partial charge in [-0.05, 0) is 24.9 Å². The Morgan fingerprint density at radius 3 is 3.11 bits per heavy atom. The largest absolute Gasteiger partial charge is 0.379 e. The Labute approximate surface area is 118 Å². The first-order valence-corrected chi connectivity index (χ1v) is 7.72. The van der Waals surface area contributed by atoms with Crippen LogP contribution in [0.1, 0.15) is 18.7 Å². The molecule has 0 aliphatic carbocycles. The van der Waals surface area contributed by atoms with E-state index in [4.69, 9.17) is 4.74 Å². The van der Waals surface area contributed by atoms with Gasteiger partial charge in [-0.3, -0.25) is 4.79 Å². The molecule has 1 fully saturated rings. The number of likely N-dealkylation sites (N-methyl/N-ethyl adjacent to an activating group) is 1. The van der Waals surface area contributed by atoms with Gasteiger partial charge >= 0.3 is 0 Å². The number of ether oxygens (including phenoxy) is 1. The molecule has 106 valence electrons. The first kappa shape index (κ1) is 14.5. The van der Waals surface area contributed by atoms with Crippen molar-refractivity contribution in [2.24, 2.45) is 5.92 Å². The maximum Gasteiger partial charge on any atom is 0.227 e. The maximum absolute atomic E-state index is 12.2. The fourth-order valence-electron chi connectivity index (χ4n) is 2.41. The molecule has 1 aromatic heterocycles. The van der Waals surface area contributed by atoms with Crippen LogP contribution in [0.25, 0.3) is 0 Å². The molecule has 1 aliphatic rings. The van der Waals surface area contributed by atoms with Gasteiger partial charge in [0.2, 0.25) is 5.91 Å². The molecule has 1 aromatic rings. The molecular formula is C14H22N2O2S. The normalized spacial score (nSPS) is 24.3. The monoisotopic (exact) mass is 282 g/mol. The fraction of sp³-hybridized carbons (Fsp3) is 0.643. The summed E-state index contributed by atoms with van der Waals surface area (Å²) < 4.78 is 5.41. The molecular weight excluding hydrogens is 260 g/mol. The molecule has 3 atom stereocenters. The van der Waals surface area contributed by atoms with Crippen molar-refractivity contribution in [1.82, 2.24) is 10.6 Å². The van der Waals surface area contributed by atoms with Gasteiger partial charge in [0, 0.05) is 23.4 Å². The van der Waals surface area contributed by atoms with Crippen LogP contribution in [-0.4, -0.2) is 37.7 Å². The van der Waals surface area contributed by atoms with Gasteiger partial charge in [-0.25, -0.2) is 0 Å². The van der Waals surface area contributed by atoms with Crippen LogP contribution >= 0.6 is 11.3 Å². The number of amides is 1. The van der Waals surface area contributed by atoms with Crippen LogP contribution in [0.5, 0.6) is 0 Å². The summed E-state index contributed by atoms with van der Waals surface area (Å²) in [5.74, 6) is 0.0400. The highest BCUT2D eigenvalue weighted by molar-refractivity contribution is 7.09. The molecule has 4 nitrogen and oxygen atoms in total. The molecule has 3 unspecified atom stereocenters. The predicted octanol–water partition coefficient (Wildman–Crippen LogP) is 1.42. The lowest BCUT2D eigenvalue weighted by Crippen LogP contribution is -2.46. The lowest BCUT2D eigenvalue weighted by atomic mass is 10.0. The molecule has 0 spiro atoms. The number of carbonyl (C=O) groups excluding carboxylic acids is 1. The Hall–Kier alpha value is -0.910. The van der Waals surface area contributed by atoms with E-state index in [1.807, 2.05) is 13.0 Å². The molecule has 2 N–H and O–H groups in total. The SMILES string of the molecule is CCNC1COCC1C(=O)NC(C)Cc1cccs1. The third-order valence-electron chi connectivity index (χ3n) is 3.36. The van der Waals surface area contributed by atoms with Crippen molar-refractivity contribution in [3.8, 4) is 0 Å². The summed E-state index contributed by atoms with van der Waals surface area (Å²) in [5.41, 5.74) is 0. The minimum Gasteiger partial charge on any atom is -0.379 e. The molecule has 2 rings (SSSR count). The minimum atomic E-state index is -0.0641. The Morgan fingerprint density at radius 2 is 2.42 bits per heavy atom. The zero-order valence-corrected chi connectivity index (χ0v) is 12.3. The molecule has 5 heteroatoms. The highest BCUT2D eigenvalue weighted by Crippen LogP contribution is 2.15. The van der Waals surface area contributed by atoms with E-state index in [9.17, 15) is 4.79 Å². The number of rotatable bonds is 6. The third-order valence-corrected chi connectivity index (χ3v) is 4.26. The van der Waals surface area contributed by atoms with Gasteiger partial charge in [-0.1, -0.05) is 13.0 Å². The van der Waals surface area contributed by atoms with E-state index in [-0.39, 0.29) is 23.9 Å². The van der Waals surface area contributed by atoms with E-state index in [1.165, 1.54) is 4.88 Å². The summed E-state index contributed by atoms with van der Waals surface area (Å²) in [4.78, 5) is 13.5. The molecule has 0 radical (unpaired) electrons. The lowest BCUT2D eigenvalue weighted by molar-refractivity contribution is -0.126. The van der Waals surface area contributed by atoms with Crippen LogP contribution in [0.15, 0.2) is 17.5 Å². The summed E-state index contributed by atoms with van der Waals surface area (Å²) in [6.07, 6.45) is 0.892. The van der Waals surface area contributed by atoms with Crippen molar-refractivity contribution in [3.05, 3.63) is 22.4 Å². The van der Waals surface area contributed by atoms with Crippen LogP contribution in [0.3, 0.4) is 0 Å². The van der Waals surface area contributed by atoms with Gasteiger partial charge in [0.15, 0.2) is 0 Å². The van der Waals surface area contributed by atoms with Crippen LogP contribution in [0.4, 0.5) is 0 Å². The lowest BCUT2D eigenvalue weighted by Gasteiger charge is -2.20. The van der Waals surface area contributed by atoms with Gasteiger partial charge < -0.3 is 15.4 Å². The Balaban J connectivity index is 1.82. The molecule has 2 heterocycles. The highest BCUT2D eigenvalue weighted by Gasteiger charge is 2.33. The number of thiophene rings is 1. The average Bonchev–Trinajstić information content (AvgIpc) is 3.00. The predicted molar refractivity (Wildman–Crippen MR) is 77.4 cm³/mol. The van der Waals surface area contributed by atoms with Gasteiger partial charge in [0.05, 0.1) is 19.1 Å². The minimum absolute atomic E-state index is 0.0641. The van der Waals surface area contributed by atoms with Crippen LogP contribution < -0.4 is 10.6 Å². The van der Waals surface area contributed by atoms with E-state index in [0.29, 0.717) is 13.2 Å².